The van der Waals surface area contributed by atoms with Crippen LogP contribution in [0.25, 0.3) is 0 Å². The largest absolute Gasteiger partial charge is 0.508 e. The van der Waals surface area contributed by atoms with Crippen molar-refractivity contribution in [3.63, 3.8) is 0 Å². The van der Waals surface area contributed by atoms with Gasteiger partial charge >= 0.3 is 6.18 Å². The number of piperidine rings is 1. The minimum Gasteiger partial charge on any atom is -0.508 e. The second-order valence-corrected chi connectivity index (χ2v) is 6.57. The highest BCUT2D eigenvalue weighted by molar-refractivity contribution is 5.51. The van der Waals surface area contributed by atoms with Crippen LogP contribution in [-0.2, 0) is 6.18 Å². The molecule has 1 fully saturated rings. The predicted octanol–water partition coefficient (Wildman–Crippen LogP) is 4.91. The molecule has 0 atom stereocenters. The highest BCUT2D eigenvalue weighted by atomic mass is 19.4. The fraction of sp³-hybridized carbons (Fsp3) is 0.400. The predicted molar refractivity (Wildman–Crippen MR) is 97.8 cm³/mol. The maximum absolute atomic E-state index is 12.8. The molecule has 0 amide bonds. The summed E-state index contributed by atoms with van der Waals surface area (Å²) in [7, 11) is 0. The lowest BCUT2D eigenvalue weighted by atomic mass is 10.0. The zero-order valence-electron chi connectivity index (χ0n) is 14.7. The van der Waals surface area contributed by atoms with E-state index in [1.165, 1.54) is 0 Å². The number of aromatic hydroxyl groups is 1. The molecule has 0 bridgehead atoms. The monoisotopic (exact) mass is 364 g/mol. The van der Waals surface area contributed by atoms with Crippen LogP contribution in [0.5, 0.6) is 5.75 Å². The van der Waals surface area contributed by atoms with Crippen LogP contribution in [0.4, 0.5) is 24.5 Å². The molecule has 0 radical (unpaired) electrons. The first-order valence-corrected chi connectivity index (χ1v) is 8.86. The summed E-state index contributed by atoms with van der Waals surface area (Å²) in [4.78, 5) is 4.46. The van der Waals surface area contributed by atoms with Gasteiger partial charge in [0, 0.05) is 37.1 Å². The number of benzene rings is 2. The normalized spacial score (nSPS) is 15.9. The number of nitrogens with zero attached hydrogens (tertiary/aromatic N) is 2. The quantitative estimate of drug-likeness (QED) is 0.835. The van der Waals surface area contributed by atoms with E-state index in [1.54, 1.807) is 24.3 Å². The number of phenols is 1. The SMILES string of the molecule is CCN(c1ccc(C(F)(F)F)cc1)C1CCN(c2ccc(O)cc2)CC1. The molecule has 1 N–H and O–H groups in total. The van der Waals surface area contributed by atoms with E-state index in [1.807, 2.05) is 19.1 Å². The van der Waals surface area contributed by atoms with Crippen LogP contribution < -0.4 is 9.80 Å². The second-order valence-electron chi connectivity index (χ2n) is 6.57. The van der Waals surface area contributed by atoms with E-state index in [0.717, 1.165) is 56.0 Å². The molecular weight excluding hydrogens is 341 g/mol. The van der Waals surface area contributed by atoms with E-state index >= 15 is 0 Å². The average molecular weight is 364 g/mol. The Morgan fingerprint density at radius 3 is 2.08 bits per heavy atom. The van der Waals surface area contributed by atoms with Gasteiger partial charge in [-0.3, -0.25) is 0 Å². The number of hydrogen-bond acceptors (Lipinski definition) is 3. The summed E-state index contributed by atoms with van der Waals surface area (Å²) in [6.07, 6.45) is -2.42. The third-order valence-electron chi connectivity index (χ3n) is 4.99. The summed E-state index contributed by atoms with van der Waals surface area (Å²) in [5.41, 5.74) is 1.31. The van der Waals surface area contributed by atoms with Crippen molar-refractivity contribution in [2.24, 2.45) is 0 Å². The van der Waals surface area contributed by atoms with Crippen molar-refractivity contribution in [2.45, 2.75) is 32.0 Å². The standard InChI is InChI=1S/C20H23F3N2O/c1-2-25(17-5-3-15(4-6-17)20(21,22)23)18-11-13-24(14-12-18)16-7-9-19(26)10-8-16/h3-10,18,26H,2,11-14H2,1H3. The van der Waals surface area contributed by atoms with E-state index in [9.17, 15) is 18.3 Å². The minimum absolute atomic E-state index is 0.253. The molecule has 2 aromatic rings. The average Bonchev–Trinajstić information content (AvgIpc) is 2.63. The Bertz CT molecular complexity index is 705. The molecule has 1 aliphatic rings. The molecule has 0 aromatic heterocycles. The molecular formula is C20H23F3N2O. The van der Waals surface area contributed by atoms with Gasteiger partial charge in [0.25, 0.3) is 0 Å². The molecule has 3 rings (SSSR count). The Labute approximate surface area is 151 Å². The number of anilines is 2. The van der Waals surface area contributed by atoms with Gasteiger partial charge in [-0.05, 0) is 68.3 Å². The van der Waals surface area contributed by atoms with Crippen molar-refractivity contribution in [3.05, 3.63) is 54.1 Å². The second kappa shape index (κ2) is 7.48. The van der Waals surface area contributed by atoms with Gasteiger partial charge in [0.2, 0.25) is 0 Å². The maximum Gasteiger partial charge on any atom is 0.416 e. The van der Waals surface area contributed by atoms with Crippen molar-refractivity contribution in [3.8, 4) is 5.75 Å². The van der Waals surface area contributed by atoms with E-state index in [2.05, 4.69) is 9.80 Å². The van der Waals surface area contributed by atoms with Crippen molar-refractivity contribution in [1.29, 1.82) is 0 Å². The van der Waals surface area contributed by atoms with Crippen LogP contribution in [0.2, 0.25) is 0 Å². The molecule has 26 heavy (non-hydrogen) atoms. The Balaban J connectivity index is 1.66. The molecule has 0 spiro atoms. The lowest BCUT2D eigenvalue weighted by Gasteiger charge is -2.40. The fourth-order valence-corrected chi connectivity index (χ4v) is 3.59. The van der Waals surface area contributed by atoms with Crippen molar-refractivity contribution in [1.82, 2.24) is 0 Å². The van der Waals surface area contributed by atoms with E-state index in [4.69, 9.17) is 0 Å². The Hall–Kier alpha value is -2.37. The summed E-state index contributed by atoms with van der Waals surface area (Å²) in [5.74, 6) is 0.253. The van der Waals surface area contributed by atoms with Crippen molar-refractivity contribution < 1.29 is 18.3 Å². The molecule has 6 heteroatoms. The smallest absolute Gasteiger partial charge is 0.416 e. The topological polar surface area (TPSA) is 26.7 Å². The summed E-state index contributed by atoms with van der Waals surface area (Å²) < 4.78 is 38.3. The summed E-state index contributed by atoms with van der Waals surface area (Å²) in [6.45, 7) is 4.55. The van der Waals surface area contributed by atoms with Crippen LogP contribution in [0.1, 0.15) is 25.3 Å². The van der Waals surface area contributed by atoms with Crippen LogP contribution in [0.15, 0.2) is 48.5 Å². The highest BCUT2D eigenvalue weighted by Crippen LogP contribution is 2.32. The van der Waals surface area contributed by atoms with Crippen LogP contribution in [0, 0.1) is 0 Å². The third-order valence-corrected chi connectivity index (χ3v) is 4.99. The number of phenolic OH excluding ortho intramolecular Hbond substituents is 1. The van der Waals surface area contributed by atoms with Crippen molar-refractivity contribution >= 4 is 11.4 Å². The Morgan fingerprint density at radius 2 is 1.58 bits per heavy atom. The van der Waals surface area contributed by atoms with Gasteiger partial charge < -0.3 is 14.9 Å². The fourth-order valence-electron chi connectivity index (χ4n) is 3.59. The summed E-state index contributed by atoms with van der Waals surface area (Å²) in [6, 6.07) is 12.9. The molecule has 0 unspecified atom stereocenters. The lowest BCUT2D eigenvalue weighted by molar-refractivity contribution is -0.137. The van der Waals surface area contributed by atoms with Gasteiger partial charge in [-0.2, -0.15) is 13.2 Å². The minimum atomic E-state index is -4.30. The van der Waals surface area contributed by atoms with Gasteiger partial charge in [0.05, 0.1) is 5.56 Å². The first-order valence-electron chi connectivity index (χ1n) is 8.86. The molecule has 0 saturated carbocycles. The molecule has 1 saturated heterocycles. The lowest BCUT2D eigenvalue weighted by Crippen LogP contribution is -2.45. The highest BCUT2D eigenvalue weighted by Gasteiger charge is 2.30. The van der Waals surface area contributed by atoms with E-state index in [0.29, 0.717) is 6.04 Å². The van der Waals surface area contributed by atoms with Gasteiger partial charge in [0.1, 0.15) is 5.75 Å². The van der Waals surface area contributed by atoms with Crippen LogP contribution in [0.3, 0.4) is 0 Å². The zero-order valence-corrected chi connectivity index (χ0v) is 14.7. The third kappa shape index (κ3) is 4.06. The molecule has 2 aromatic carbocycles. The molecule has 1 heterocycles. The van der Waals surface area contributed by atoms with Gasteiger partial charge in [0.15, 0.2) is 0 Å². The molecule has 0 aliphatic carbocycles. The Kier molecular flexibility index (Phi) is 5.30. The maximum atomic E-state index is 12.8. The summed E-state index contributed by atoms with van der Waals surface area (Å²) >= 11 is 0. The van der Waals surface area contributed by atoms with Gasteiger partial charge in [-0.25, -0.2) is 0 Å². The molecule has 1 aliphatic heterocycles. The Morgan fingerprint density at radius 1 is 1.00 bits per heavy atom. The van der Waals surface area contributed by atoms with Gasteiger partial charge in [-0.15, -0.1) is 0 Å². The van der Waals surface area contributed by atoms with E-state index in [-0.39, 0.29) is 5.75 Å². The first-order chi connectivity index (χ1) is 12.4. The van der Waals surface area contributed by atoms with Crippen LogP contribution in [-0.4, -0.2) is 30.8 Å². The number of hydrogen-bond donors (Lipinski definition) is 1. The van der Waals surface area contributed by atoms with Crippen molar-refractivity contribution in [2.75, 3.05) is 29.4 Å². The number of rotatable bonds is 4. The van der Waals surface area contributed by atoms with Crippen LogP contribution >= 0.6 is 0 Å². The van der Waals surface area contributed by atoms with Gasteiger partial charge in [-0.1, -0.05) is 0 Å². The number of halogens is 3. The van der Waals surface area contributed by atoms with E-state index < -0.39 is 11.7 Å². The zero-order chi connectivity index (χ0) is 18.7. The molecule has 140 valence electrons. The number of alkyl halides is 3. The molecule has 3 nitrogen and oxygen atoms in total. The first kappa shape index (κ1) is 18.4. The summed E-state index contributed by atoms with van der Waals surface area (Å²) in [5, 5.41) is 9.40.